The number of hydrogen-bond donors (Lipinski definition) is 2. The van der Waals surface area contributed by atoms with Crippen LogP contribution in [0, 0.1) is 5.41 Å². The number of benzene rings is 1. The standard InChI is InChI=1S/C20H24N2O4/c1-26-17-4-2-3-16(11-17)12-20(19(24)25)14-22(10-7-18(20)23)13-15-5-8-21-9-6-15/h2-6,8-9,11,18,23H,7,10,12-14H2,1H3,(H,24,25)/t18-,20+/m0/s1. The normalized spacial score (nSPS) is 23.5. The van der Waals surface area contributed by atoms with Gasteiger partial charge in [-0.15, -0.1) is 0 Å². The minimum absolute atomic E-state index is 0.257. The summed E-state index contributed by atoms with van der Waals surface area (Å²) in [5.41, 5.74) is 0.686. The molecule has 6 heteroatoms. The number of pyridine rings is 1. The number of aliphatic hydroxyl groups is 1. The van der Waals surface area contributed by atoms with Gasteiger partial charge < -0.3 is 14.9 Å². The van der Waals surface area contributed by atoms with Crippen LogP contribution in [0.1, 0.15) is 17.5 Å². The molecule has 1 aliphatic heterocycles. The first-order valence-corrected chi connectivity index (χ1v) is 8.69. The number of aliphatic carboxylic acids is 1. The molecule has 1 saturated heterocycles. The number of rotatable bonds is 6. The fraction of sp³-hybridized carbons (Fsp3) is 0.400. The molecule has 6 nitrogen and oxygen atoms in total. The largest absolute Gasteiger partial charge is 0.497 e. The molecular formula is C20H24N2O4. The number of carbonyl (C=O) groups is 1. The SMILES string of the molecule is COc1cccc(C[C@@]2(C(=O)O)CN(Cc3ccncc3)CC[C@@H]2O)c1. The van der Waals surface area contributed by atoms with E-state index in [2.05, 4.69) is 9.88 Å². The second-order valence-electron chi connectivity index (χ2n) is 6.86. The lowest BCUT2D eigenvalue weighted by Crippen LogP contribution is -2.56. The molecule has 1 aromatic carbocycles. The minimum atomic E-state index is -1.24. The maximum absolute atomic E-state index is 12.2. The van der Waals surface area contributed by atoms with Crippen LogP contribution in [0.15, 0.2) is 48.8 Å². The van der Waals surface area contributed by atoms with E-state index in [0.29, 0.717) is 31.8 Å². The van der Waals surface area contributed by atoms with Crippen LogP contribution in [0.25, 0.3) is 0 Å². The highest BCUT2D eigenvalue weighted by Gasteiger charge is 2.49. The van der Waals surface area contributed by atoms with E-state index in [0.717, 1.165) is 11.1 Å². The van der Waals surface area contributed by atoms with Crippen LogP contribution >= 0.6 is 0 Å². The number of carboxylic acids is 1. The highest BCUT2D eigenvalue weighted by Crippen LogP contribution is 2.36. The molecule has 1 aromatic heterocycles. The molecule has 2 N–H and O–H groups in total. The van der Waals surface area contributed by atoms with Crippen LogP contribution in [0.3, 0.4) is 0 Å². The quantitative estimate of drug-likeness (QED) is 0.823. The Kier molecular flexibility index (Phi) is 5.54. The maximum Gasteiger partial charge on any atom is 0.313 e. The first-order chi connectivity index (χ1) is 12.5. The Morgan fingerprint density at radius 3 is 2.77 bits per heavy atom. The summed E-state index contributed by atoms with van der Waals surface area (Å²) < 4.78 is 5.24. The van der Waals surface area contributed by atoms with Crippen LogP contribution in [-0.4, -0.2) is 52.4 Å². The summed E-state index contributed by atoms with van der Waals surface area (Å²) in [4.78, 5) is 18.3. The van der Waals surface area contributed by atoms with Crippen LogP contribution in [0.4, 0.5) is 0 Å². The first kappa shape index (κ1) is 18.4. The summed E-state index contributed by atoms with van der Waals surface area (Å²) in [7, 11) is 1.58. The van der Waals surface area contributed by atoms with E-state index >= 15 is 0 Å². The van der Waals surface area contributed by atoms with Crippen LogP contribution in [0.5, 0.6) is 5.75 Å². The van der Waals surface area contributed by atoms with Crippen molar-refractivity contribution >= 4 is 5.97 Å². The van der Waals surface area contributed by atoms with Crippen LogP contribution < -0.4 is 4.74 Å². The van der Waals surface area contributed by atoms with E-state index in [1.54, 1.807) is 19.5 Å². The Morgan fingerprint density at radius 2 is 2.08 bits per heavy atom. The summed E-state index contributed by atoms with van der Waals surface area (Å²) in [5, 5.41) is 20.6. The van der Waals surface area contributed by atoms with Crippen LogP contribution in [-0.2, 0) is 17.8 Å². The van der Waals surface area contributed by atoms with E-state index in [9.17, 15) is 15.0 Å². The van der Waals surface area contributed by atoms with E-state index in [1.165, 1.54) is 0 Å². The van der Waals surface area contributed by atoms with Crippen molar-refractivity contribution in [1.29, 1.82) is 0 Å². The number of ether oxygens (including phenoxy) is 1. The second-order valence-corrected chi connectivity index (χ2v) is 6.86. The molecule has 2 heterocycles. The third-order valence-corrected chi connectivity index (χ3v) is 5.10. The lowest BCUT2D eigenvalue weighted by Gasteiger charge is -2.43. The van der Waals surface area contributed by atoms with Gasteiger partial charge in [0, 0.05) is 32.0 Å². The number of piperidine rings is 1. The molecular weight excluding hydrogens is 332 g/mol. The van der Waals surface area contributed by atoms with Crippen molar-refractivity contribution in [2.75, 3.05) is 20.2 Å². The molecule has 3 rings (SSSR count). The number of carboxylic acid groups (broad SMARTS) is 1. The van der Waals surface area contributed by atoms with Gasteiger partial charge in [-0.3, -0.25) is 14.7 Å². The number of likely N-dealkylation sites (tertiary alicyclic amines) is 1. The third kappa shape index (κ3) is 3.86. The van der Waals surface area contributed by atoms with Gasteiger partial charge in [-0.05, 0) is 48.2 Å². The predicted molar refractivity (Wildman–Crippen MR) is 96.9 cm³/mol. The number of hydrogen-bond acceptors (Lipinski definition) is 5. The molecule has 1 fully saturated rings. The molecule has 0 radical (unpaired) electrons. The number of aromatic nitrogens is 1. The zero-order chi connectivity index (χ0) is 18.6. The lowest BCUT2D eigenvalue weighted by atomic mass is 9.72. The third-order valence-electron chi connectivity index (χ3n) is 5.10. The van der Waals surface area contributed by atoms with Crippen molar-refractivity contribution in [3.8, 4) is 5.75 Å². The molecule has 0 saturated carbocycles. The summed E-state index contributed by atoms with van der Waals surface area (Å²) in [5.74, 6) is -0.283. The molecule has 2 atom stereocenters. The van der Waals surface area contributed by atoms with Gasteiger partial charge in [-0.2, -0.15) is 0 Å². The Hall–Kier alpha value is -2.44. The number of methoxy groups -OCH3 is 1. The van der Waals surface area contributed by atoms with Crippen LogP contribution in [0.2, 0.25) is 0 Å². The van der Waals surface area contributed by atoms with Crippen molar-refractivity contribution in [2.24, 2.45) is 5.41 Å². The maximum atomic E-state index is 12.2. The molecule has 1 aliphatic rings. The zero-order valence-electron chi connectivity index (χ0n) is 14.8. The van der Waals surface area contributed by atoms with Gasteiger partial charge in [-0.25, -0.2) is 0 Å². The number of nitrogens with zero attached hydrogens (tertiary/aromatic N) is 2. The summed E-state index contributed by atoms with van der Waals surface area (Å²) in [6, 6.07) is 11.2. The molecule has 0 bridgehead atoms. The van der Waals surface area contributed by atoms with Gasteiger partial charge in [0.15, 0.2) is 0 Å². The van der Waals surface area contributed by atoms with E-state index < -0.39 is 17.5 Å². The Bertz CT molecular complexity index is 752. The molecule has 26 heavy (non-hydrogen) atoms. The Morgan fingerprint density at radius 1 is 1.31 bits per heavy atom. The topological polar surface area (TPSA) is 82.9 Å². The fourth-order valence-electron chi connectivity index (χ4n) is 3.65. The average molecular weight is 356 g/mol. The highest BCUT2D eigenvalue weighted by molar-refractivity contribution is 5.76. The van der Waals surface area contributed by atoms with E-state index in [1.807, 2.05) is 36.4 Å². The van der Waals surface area contributed by atoms with Gasteiger partial charge in [0.1, 0.15) is 11.2 Å². The molecule has 0 aliphatic carbocycles. The Balaban J connectivity index is 1.83. The predicted octanol–water partition coefficient (Wildman–Crippen LogP) is 1.97. The first-order valence-electron chi connectivity index (χ1n) is 8.69. The van der Waals surface area contributed by atoms with Gasteiger partial charge in [0.05, 0.1) is 13.2 Å². The molecule has 0 spiro atoms. The molecule has 138 valence electrons. The Labute approximate surface area is 153 Å². The van der Waals surface area contributed by atoms with Crippen molar-refractivity contribution in [1.82, 2.24) is 9.88 Å². The van der Waals surface area contributed by atoms with Crippen molar-refractivity contribution < 1.29 is 19.7 Å². The lowest BCUT2D eigenvalue weighted by molar-refractivity contribution is -0.163. The van der Waals surface area contributed by atoms with Crippen molar-refractivity contribution in [3.63, 3.8) is 0 Å². The summed E-state index contributed by atoms with van der Waals surface area (Å²) >= 11 is 0. The van der Waals surface area contributed by atoms with Gasteiger partial charge in [-0.1, -0.05) is 12.1 Å². The average Bonchev–Trinajstić information content (AvgIpc) is 2.65. The monoisotopic (exact) mass is 356 g/mol. The van der Waals surface area contributed by atoms with E-state index in [4.69, 9.17) is 4.74 Å². The minimum Gasteiger partial charge on any atom is -0.497 e. The smallest absolute Gasteiger partial charge is 0.313 e. The van der Waals surface area contributed by atoms with Gasteiger partial charge in [0.2, 0.25) is 0 Å². The number of aliphatic hydroxyl groups excluding tert-OH is 1. The second kappa shape index (κ2) is 7.85. The molecule has 0 amide bonds. The van der Waals surface area contributed by atoms with Crippen molar-refractivity contribution in [2.45, 2.75) is 25.5 Å². The van der Waals surface area contributed by atoms with E-state index in [-0.39, 0.29) is 6.42 Å². The molecule has 0 unspecified atom stereocenters. The summed E-state index contributed by atoms with van der Waals surface area (Å²) in [6.07, 6.45) is 3.26. The zero-order valence-corrected chi connectivity index (χ0v) is 14.8. The van der Waals surface area contributed by atoms with Gasteiger partial charge in [0.25, 0.3) is 0 Å². The summed E-state index contributed by atoms with van der Waals surface area (Å²) in [6.45, 7) is 1.60. The highest BCUT2D eigenvalue weighted by atomic mass is 16.5. The van der Waals surface area contributed by atoms with Gasteiger partial charge >= 0.3 is 5.97 Å². The fourth-order valence-corrected chi connectivity index (χ4v) is 3.65. The molecule has 2 aromatic rings. The van der Waals surface area contributed by atoms with Crippen molar-refractivity contribution in [3.05, 3.63) is 59.9 Å².